The lowest BCUT2D eigenvalue weighted by Crippen LogP contribution is -2.54. The molecule has 3 rings (SSSR count). The number of carboxylic acids is 1. The van der Waals surface area contributed by atoms with E-state index in [9.17, 15) is 4.79 Å². The van der Waals surface area contributed by atoms with Crippen molar-refractivity contribution in [1.29, 1.82) is 0 Å². The monoisotopic (exact) mass is 372 g/mol. The fourth-order valence-electron chi connectivity index (χ4n) is 2.89. The van der Waals surface area contributed by atoms with E-state index in [1.54, 1.807) is 11.3 Å². The Balaban J connectivity index is 1.42. The number of halogens is 1. The predicted octanol–water partition coefficient (Wildman–Crippen LogP) is 2.93. The molecule has 6 heteroatoms. The number of thiophene rings is 1. The van der Waals surface area contributed by atoms with Crippen molar-refractivity contribution < 1.29 is 9.90 Å². The van der Waals surface area contributed by atoms with E-state index in [4.69, 9.17) is 5.11 Å². The molecule has 0 unspecified atom stereocenters. The zero-order valence-corrected chi connectivity index (χ0v) is 14.3. The fourth-order valence-corrected chi connectivity index (χ4v) is 4.33. The van der Waals surface area contributed by atoms with Gasteiger partial charge in [0, 0.05) is 35.0 Å². The third kappa shape index (κ3) is 4.28. The summed E-state index contributed by atoms with van der Waals surface area (Å²) in [6, 6.07) is 0.974. The minimum Gasteiger partial charge on any atom is -0.480 e. The molecule has 0 aliphatic heterocycles. The Kier molecular flexibility index (Phi) is 4.99. The van der Waals surface area contributed by atoms with E-state index in [1.807, 2.05) is 0 Å². The number of nitrogens with one attached hydrogen (secondary N) is 1. The number of rotatable bonds is 8. The van der Waals surface area contributed by atoms with E-state index >= 15 is 0 Å². The maximum absolute atomic E-state index is 11.0. The summed E-state index contributed by atoms with van der Waals surface area (Å²) in [7, 11) is 0. The lowest BCUT2D eigenvalue weighted by atomic mass is 9.85. The first-order valence-electron chi connectivity index (χ1n) is 7.51. The van der Waals surface area contributed by atoms with Crippen molar-refractivity contribution in [3.05, 3.63) is 20.8 Å². The molecule has 1 heterocycles. The summed E-state index contributed by atoms with van der Waals surface area (Å²) < 4.78 is 1.18. The van der Waals surface area contributed by atoms with Crippen LogP contribution in [0.25, 0.3) is 0 Å². The van der Waals surface area contributed by atoms with Gasteiger partial charge in [-0.25, -0.2) is 0 Å². The fraction of sp³-hybridized carbons (Fsp3) is 0.667. The van der Waals surface area contributed by atoms with Gasteiger partial charge in [0.15, 0.2) is 0 Å². The Hall–Kier alpha value is -0.430. The number of nitrogens with zero attached hydrogens (tertiary/aromatic N) is 1. The summed E-state index contributed by atoms with van der Waals surface area (Å²) in [6.07, 6.45) is 4.69. The van der Waals surface area contributed by atoms with Gasteiger partial charge in [-0.1, -0.05) is 0 Å². The molecular formula is C15H21BrN2O2S. The van der Waals surface area contributed by atoms with E-state index in [1.165, 1.54) is 22.9 Å². The van der Waals surface area contributed by atoms with Crippen LogP contribution in [0.3, 0.4) is 0 Å². The van der Waals surface area contributed by atoms with Crippen LogP contribution in [0.2, 0.25) is 0 Å². The van der Waals surface area contributed by atoms with Crippen molar-refractivity contribution in [2.45, 2.75) is 44.3 Å². The van der Waals surface area contributed by atoms with Crippen molar-refractivity contribution in [3.63, 3.8) is 0 Å². The molecule has 1 aromatic heterocycles. The van der Waals surface area contributed by atoms with Crippen LogP contribution in [0.5, 0.6) is 0 Å². The summed E-state index contributed by atoms with van der Waals surface area (Å²) >= 11 is 5.26. The molecule has 0 bridgehead atoms. The summed E-state index contributed by atoms with van der Waals surface area (Å²) in [5.41, 5.74) is 1.31. The second-order valence-electron chi connectivity index (χ2n) is 6.21. The molecule has 0 radical (unpaired) electrons. The van der Waals surface area contributed by atoms with Gasteiger partial charge >= 0.3 is 5.97 Å². The first-order valence-corrected chi connectivity index (χ1v) is 9.25. The molecule has 21 heavy (non-hydrogen) atoms. The van der Waals surface area contributed by atoms with E-state index in [-0.39, 0.29) is 6.54 Å². The molecule has 2 saturated carbocycles. The SMILES string of the molecule is O=C(O)CN(CC1CC1)C1CC(NCc2cscc2Br)C1. The number of hydrogen-bond acceptors (Lipinski definition) is 4. The maximum atomic E-state index is 11.0. The molecule has 2 aliphatic rings. The van der Waals surface area contributed by atoms with Crippen molar-refractivity contribution >= 4 is 33.2 Å². The Bertz CT molecular complexity index is 498. The summed E-state index contributed by atoms with van der Waals surface area (Å²) in [5, 5.41) is 16.9. The average Bonchev–Trinajstić information content (AvgIpc) is 3.09. The molecule has 116 valence electrons. The van der Waals surface area contributed by atoms with Crippen molar-refractivity contribution in [3.8, 4) is 0 Å². The van der Waals surface area contributed by atoms with E-state index < -0.39 is 5.97 Å². The van der Waals surface area contributed by atoms with Gasteiger partial charge in [-0.15, -0.1) is 0 Å². The molecule has 2 aliphatic carbocycles. The van der Waals surface area contributed by atoms with Crippen LogP contribution in [0, 0.1) is 5.92 Å². The van der Waals surface area contributed by atoms with Crippen LogP contribution in [-0.4, -0.2) is 41.1 Å². The highest BCUT2D eigenvalue weighted by molar-refractivity contribution is 9.10. The Morgan fingerprint density at radius 3 is 2.76 bits per heavy atom. The minimum atomic E-state index is -0.700. The summed E-state index contributed by atoms with van der Waals surface area (Å²) in [6.45, 7) is 2.06. The molecule has 4 nitrogen and oxygen atoms in total. The Morgan fingerprint density at radius 2 is 2.19 bits per heavy atom. The van der Waals surface area contributed by atoms with Gasteiger partial charge in [-0.05, 0) is 58.5 Å². The molecule has 2 N–H and O–H groups in total. The maximum Gasteiger partial charge on any atom is 0.317 e. The number of aliphatic carboxylic acids is 1. The van der Waals surface area contributed by atoms with Gasteiger partial charge in [0.05, 0.1) is 6.54 Å². The molecule has 2 fully saturated rings. The quantitative estimate of drug-likeness (QED) is 0.736. The van der Waals surface area contributed by atoms with Gasteiger partial charge in [-0.2, -0.15) is 11.3 Å². The second kappa shape index (κ2) is 6.77. The number of hydrogen-bond donors (Lipinski definition) is 2. The van der Waals surface area contributed by atoms with E-state index in [2.05, 4.69) is 36.9 Å². The molecule has 0 spiro atoms. The third-order valence-corrected chi connectivity index (χ3v) is 6.26. The summed E-state index contributed by atoms with van der Waals surface area (Å²) in [5.74, 6) is 0.0485. The minimum absolute atomic E-state index is 0.198. The van der Waals surface area contributed by atoms with Gasteiger partial charge < -0.3 is 10.4 Å². The highest BCUT2D eigenvalue weighted by Crippen LogP contribution is 2.34. The predicted molar refractivity (Wildman–Crippen MR) is 87.6 cm³/mol. The van der Waals surface area contributed by atoms with E-state index in [0.717, 1.165) is 31.8 Å². The largest absolute Gasteiger partial charge is 0.480 e. The van der Waals surface area contributed by atoms with Crippen LogP contribution in [-0.2, 0) is 11.3 Å². The smallest absolute Gasteiger partial charge is 0.317 e. The normalized spacial score (nSPS) is 25.0. The van der Waals surface area contributed by atoms with Crippen molar-refractivity contribution in [2.75, 3.05) is 13.1 Å². The number of carbonyl (C=O) groups is 1. The van der Waals surface area contributed by atoms with Gasteiger partial charge in [-0.3, -0.25) is 9.69 Å². The lowest BCUT2D eigenvalue weighted by molar-refractivity contribution is -0.139. The van der Waals surface area contributed by atoms with Gasteiger partial charge in [0.25, 0.3) is 0 Å². The molecular weight excluding hydrogens is 352 g/mol. The lowest BCUT2D eigenvalue weighted by Gasteiger charge is -2.43. The van der Waals surface area contributed by atoms with Gasteiger partial charge in [0.2, 0.25) is 0 Å². The third-order valence-electron chi connectivity index (χ3n) is 4.43. The highest BCUT2D eigenvalue weighted by Gasteiger charge is 2.36. The molecule has 0 atom stereocenters. The Morgan fingerprint density at radius 1 is 1.43 bits per heavy atom. The highest BCUT2D eigenvalue weighted by atomic mass is 79.9. The zero-order valence-electron chi connectivity index (χ0n) is 11.9. The average molecular weight is 373 g/mol. The van der Waals surface area contributed by atoms with Crippen molar-refractivity contribution in [1.82, 2.24) is 10.2 Å². The zero-order chi connectivity index (χ0) is 14.8. The first-order chi connectivity index (χ1) is 10.1. The Labute approximate surface area is 137 Å². The standard InChI is InChI=1S/C15H21BrN2O2S/c16-14-9-21-8-11(14)5-17-12-3-13(4-12)18(7-15(19)20)6-10-1-2-10/h8-10,12-13,17H,1-7H2,(H,19,20). The summed E-state index contributed by atoms with van der Waals surface area (Å²) in [4.78, 5) is 13.2. The van der Waals surface area contributed by atoms with Crippen LogP contribution in [0.4, 0.5) is 0 Å². The van der Waals surface area contributed by atoms with Crippen LogP contribution in [0.15, 0.2) is 15.2 Å². The van der Waals surface area contributed by atoms with Crippen LogP contribution in [0.1, 0.15) is 31.2 Å². The van der Waals surface area contributed by atoms with Crippen LogP contribution >= 0.6 is 27.3 Å². The molecule has 0 saturated heterocycles. The van der Waals surface area contributed by atoms with E-state index in [0.29, 0.717) is 12.1 Å². The topological polar surface area (TPSA) is 52.6 Å². The molecule has 0 aromatic carbocycles. The number of carboxylic acid groups (broad SMARTS) is 1. The van der Waals surface area contributed by atoms with Crippen LogP contribution < -0.4 is 5.32 Å². The molecule has 1 aromatic rings. The van der Waals surface area contributed by atoms with Gasteiger partial charge in [0.1, 0.15) is 0 Å². The molecule has 0 amide bonds. The first kappa shape index (κ1) is 15.5. The van der Waals surface area contributed by atoms with Crippen molar-refractivity contribution in [2.24, 2.45) is 5.92 Å². The second-order valence-corrected chi connectivity index (χ2v) is 7.81.